The summed E-state index contributed by atoms with van der Waals surface area (Å²) in [6.45, 7) is 3.71. The standard InChI is InChI=1S/C6H13N3S/c1-6(7)4-5(10)8-2-3-9-6/h9H,2-4,7H2,1H3,(H,8,10). The van der Waals surface area contributed by atoms with Gasteiger partial charge in [0.05, 0.1) is 10.7 Å². The molecule has 10 heavy (non-hydrogen) atoms. The number of rotatable bonds is 0. The molecule has 1 rings (SSSR count). The van der Waals surface area contributed by atoms with E-state index in [-0.39, 0.29) is 5.66 Å². The fraction of sp³-hybridized carbons (Fsp3) is 0.833. The molecule has 3 nitrogen and oxygen atoms in total. The Morgan fingerprint density at radius 3 is 3.00 bits per heavy atom. The SMILES string of the molecule is CC1(N)CC(=S)NCCN1. The van der Waals surface area contributed by atoms with Crippen molar-refractivity contribution in [3.8, 4) is 0 Å². The van der Waals surface area contributed by atoms with Crippen LogP contribution in [-0.2, 0) is 0 Å². The van der Waals surface area contributed by atoms with Crippen molar-refractivity contribution >= 4 is 17.2 Å². The molecule has 1 heterocycles. The smallest absolute Gasteiger partial charge is 0.0785 e. The summed E-state index contributed by atoms with van der Waals surface area (Å²) in [6, 6.07) is 0. The summed E-state index contributed by atoms with van der Waals surface area (Å²) in [5.74, 6) is 0. The van der Waals surface area contributed by atoms with Crippen LogP contribution in [0, 0.1) is 0 Å². The Labute approximate surface area is 66.4 Å². The molecule has 1 saturated heterocycles. The van der Waals surface area contributed by atoms with Crippen LogP contribution >= 0.6 is 12.2 Å². The van der Waals surface area contributed by atoms with Gasteiger partial charge in [0.15, 0.2) is 0 Å². The first-order valence-electron chi connectivity index (χ1n) is 3.41. The zero-order valence-corrected chi connectivity index (χ0v) is 6.92. The van der Waals surface area contributed by atoms with Crippen LogP contribution in [0.5, 0.6) is 0 Å². The van der Waals surface area contributed by atoms with Crippen LogP contribution in [0.4, 0.5) is 0 Å². The Morgan fingerprint density at radius 2 is 2.30 bits per heavy atom. The molecule has 0 spiro atoms. The maximum absolute atomic E-state index is 5.83. The van der Waals surface area contributed by atoms with Gasteiger partial charge in [0.25, 0.3) is 0 Å². The quantitative estimate of drug-likeness (QED) is 0.420. The van der Waals surface area contributed by atoms with Crippen molar-refractivity contribution in [2.24, 2.45) is 5.73 Å². The number of nitrogens with two attached hydrogens (primary N) is 1. The highest BCUT2D eigenvalue weighted by Crippen LogP contribution is 2.03. The summed E-state index contributed by atoms with van der Waals surface area (Å²) >= 11 is 5.01. The number of hydrogen-bond donors (Lipinski definition) is 3. The van der Waals surface area contributed by atoms with E-state index in [1.807, 2.05) is 6.92 Å². The molecule has 0 aromatic heterocycles. The second-order valence-electron chi connectivity index (χ2n) is 2.87. The maximum atomic E-state index is 5.83. The van der Waals surface area contributed by atoms with E-state index in [1.165, 1.54) is 0 Å². The predicted octanol–water partition coefficient (Wildman–Crippen LogP) is -0.428. The van der Waals surface area contributed by atoms with Crippen LogP contribution < -0.4 is 16.4 Å². The number of nitrogens with one attached hydrogen (secondary N) is 2. The Balaban J connectivity index is 2.54. The minimum Gasteiger partial charge on any atom is -0.378 e. The average Bonchev–Trinajstić information content (AvgIpc) is 1.90. The first-order chi connectivity index (χ1) is 4.60. The maximum Gasteiger partial charge on any atom is 0.0785 e. The van der Waals surface area contributed by atoms with Gasteiger partial charge < -0.3 is 11.1 Å². The number of thiocarbonyl (C=S) groups is 1. The van der Waals surface area contributed by atoms with Crippen LogP contribution in [0.15, 0.2) is 0 Å². The Kier molecular flexibility index (Phi) is 2.23. The molecule has 0 aromatic rings. The predicted molar refractivity (Wildman–Crippen MR) is 45.8 cm³/mol. The minimum atomic E-state index is -0.319. The van der Waals surface area contributed by atoms with E-state index >= 15 is 0 Å². The fourth-order valence-electron chi connectivity index (χ4n) is 1.01. The normalized spacial score (nSPS) is 34.8. The molecule has 1 aliphatic rings. The van der Waals surface area contributed by atoms with Gasteiger partial charge in [0.1, 0.15) is 0 Å². The molecule has 0 saturated carbocycles. The summed E-state index contributed by atoms with van der Waals surface area (Å²) in [4.78, 5) is 0.856. The fourth-order valence-corrected chi connectivity index (χ4v) is 1.41. The van der Waals surface area contributed by atoms with Crippen molar-refractivity contribution in [1.82, 2.24) is 10.6 Å². The molecule has 0 aromatic carbocycles. The molecule has 0 amide bonds. The van der Waals surface area contributed by atoms with Crippen molar-refractivity contribution in [2.45, 2.75) is 19.0 Å². The molecular formula is C6H13N3S. The van der Waals surface area contributed by atoms with E-state index in [0.29, 0.717) is 0 Å². The van der Waals surface area contributed by atoms with Gasteiger partial charge in [-0.25, -0.2) is 0 Å². The van der Waals surface area contributed by atoms with Gasteiger partial charge in [-0.3, -0.25) is 5.32 Å². The Morgan fingerprint density at radius 1 is 1.60 bits per heavy atom. The highest BCUT2D eigenvalue weighted by molar-refractivity contribution is 7.80. The molecule has 0 bridgehead atoms. The minimum absolute atomic E-state index is 0.319. The second kappa shape index (κ2) is 2.82. The zero-order chi connectivity index (χ0) is 7.61. The van der Waals surface area contributed by atoms with Gasteiger partial charge in [-0.1, -0.05) is 12.2 Å². The van der Waals surface area contributed by atoms with Gasteiger partial charge in [-0.15, -0.1) is 0 Å². The molecule has 1 atom stereocenters. The van der Waals surface area contributed by atoms with E-state index in [9.17, 15) is 0 Å². The van der Waals surface area contributed by atoms with Gasteiger partial charge in [-0.05, 0) is 6.92 Å². The van der Waals surface area contributed by atoms with Crippen LogP contribution in [0.3, 0.4) is 0 Å². The third-order valence-electron chi connectivity index (χ3n) is 1.50. The van der Waals surface area contributed by atoms with E-state index < -0.39 is 0 Å². The van der Waals surface area contributed by atoms with Crippen LogP contribution in [0.1, 0.15) is 13.3 Å². The van der Waals surface area contributed by atoms with Crippen LogP contribution in [0.25, 0.3) is 0 Å². The monoisotopic (exact) mass is 159 g/mol. The zero-order valence-electron chi connectivity index (χ0n) is 6.11. The lowest BCUT2D eigenvalue weighted by atomic mass is 10.1. The topological polar surface area (TPSA) is 50.1 Å². The molecule has 1 aliphatic heterocycles. The van der Waals surface area contributed by atoms with Crippen LogP contribution in [-0.4, -0.2) is 23.7 Å². The van der Waals surface area contributed by atoms with Gasteiger partial charge in [0, 0.05) is 19.5 Å². The molecule has 58 valence electrons. The average molecular weight is 159 g/mol. The van der Waals surface area contributed by atoms with Gasteiger partial charge in [0.2, 0.25) is 0 Å². The van der Waals surface area contributed by atoms with E-state index in [2.05, 4.69) is 10.6 Å². The second-order valence-corrected chi connectivity index (χ2v) is 3.36. The van der Waals surface area contributed by atoms with Gasteiger partial charge in [-0.2, -0.15) is 0 Å². The number of hydrogen-bond acceptors (Lipinski definition) is 3. The van der Waals surface area contributed by atoms with E-state index in [0.717, 1.165) is 24.5 Å². The summed E-state index contributed by atoms with van der Waals surface area (Å²) in [6.07, 6.45) is 0.725. The van der Waals surface area contributed by atoms with Gasteiger partial charge >= 0.3 is 0 Å². The summed E-state index contributed by atoms with van der Waals surface area (Å²) in [7, 11) is 0. The van der Waals surface area contributed by atoms with Crippen molar-refractivity contribution in [3.05, 3.63) is 0 Å². The van der Waals surface area contributed by atoms with Crippen molar-refractivity contribution in [2.75, 3.05) is 13.1 Å². The third-order valence-corrected chi connectivity index (χ3v) is 1.79. The lowest BCUT2D eigenvalue weighted by Crippen LogP contribution is -2.51. The largest absolute Gasteiger partial charge is 0.378 e. The molecule has 0 radical (unpaired) electrons. The summed E-state index contributed by atoms with van der Waals surface area (Å²) < 4.78 is 0. The van der Waals surface area contributed by atoms with Crippen LogP contribution in [0.2, 0.25) is 0 Å². The molecule has 4 heteroatoms. The van der Waals surface area contributed by atoms with Crippen molar-refractivity contribution in [3.63, 3.8) is 0 Å². The summed E-state index contributed by atoms with van der Waals surface area (Å²) in [5, 5.41) is 6.27. The molecular weight excluding hydrogens is 146 g/mol. The first kappa shape index (κ1) is 7.91. The van der Waals surface area contributed by atoms with E-state index in [4.69, 9.17) is 18.0 Å². The lowest BCUT2D eigenvalue weighted by molar-refractivity contribution is 0.396. The van der Waals surface area contributed by atoms with E-state index in [1.54, 1.807) is 0 Å². The highest BCUT2D eigenvalue weighted by atomic mass is 32.1. The third kappa shape index (κ3) is 2.21. The molecule has 0 aliphatic carbocycles. The van der Waals surface area contributed by atoms with Crippen molar-refractivity contribution in [1.29, 1.82) is 0 Å². The summed E-state index contributed by atoms with van der Waals surface area (Å²) in [5.41, 5.74) is 5.51. The van der Waals surface area contributed by atoms with Crippen molar-refractivity contribution < 1.29 is 0 Å². The highest BCUT2D eigenvalue weighted by Gasteiger charge is 2.21. The Bertz CT molecular complexity index is 144. The molecule has 1 unspecified atom stereocenters. The molecule has 1 fully saturated rings. The first-order valence-corrected chi connectivity index (χ1v) is 3.82. The molecule has 4 N–H and O–H groups in total. The lowest BCUT2D eigenvalue weighted by Gasteiger charge is -2.22. The Hall–Kier alpha value is -0.190.